The Morgan fingerprint density at radius 2 is 2.00 bits per heavy atom. The van der Waals surface area contributed by atoms with Crippen molar-refractivity contribution in [3.63, 3.8) is 0 Å². The number of unbranched alkanes of at least 4 members (excludes halogenated alkanes) is 1. The van der Waals surface area contributed by atoms with Crippen LogP contribution < -0.4 is 5.32 Å². The zero-order chi connectivity index (χ0) is 15.1. The van der Waals surface area contributed by atoms with E-state index >= 15 is 0 Å². The Balaban J connectivity index is 2.78. The molecule has 0 radical (unpaired) electrons. The molecule has 20 heavy (non-hydrogen) atoms. The summed E-state index contributed by atoms with van der Waals surface area (Å²) in [7, 11) is 1.23. The molecule has 4 nitrogen and oxygen atoms in total. The third-order valence-electron chi connectivity index (χ3n) is 2.82. The van der Waals surface area contributed by atoms with Crippen LogP contribution in [0.1, 0.15) is 36.5 Å². The van der Waals surface area contributed by atoms with Crippen molar-refractivity contribution in [2.24, 2.45) is 0 Å². The van der Waals surface area contributed by atoms with Gasteiger partial charge in [0.05, 0.1) is 7.11 Å². The Morgan fingerprint density at radius 3 is 2.55 bits per heavy atom. The number of halogens is 2. The highest BCUT2D eigenvalue weighted by atomic mass is 19.2. The topological polar surface area (TPSA) is 55.4 Å². The Hall–Kier alpha value is -1.98. The summed E-state index contributed by atoms with van der Waals surface area (Å²) in [5, 5.41) is 2.46. The first kappa shape index (κ1) is 16.1. The molecule has 6 heteroatoms. The van der Waals surface area contributed by atoms with Gasteiger partial charge in [-0.2, -0.15) is 0 Å². The Morgan fingerprint density at radius 1 is 1.30 bits per heavy atom. The second-order valence-electron chi connectivity index (χ2n) is 4.32. The van der Waals surface area contributed by atoms with E-state index in [1.807, 2.05) is 6.92 Å². The first-order chi connectivity index (χ1) is 9.49. The van der Waals surface area contributed by atoms with Crippen molar-refractivity contribution in [1.29, 1.82) is 0 Å². The molecule has 1 aromatic carbocycles. The van der Waals surface area contributed by atoms with Gasteiger partial charge in [-0.3, -0.25) is 4.79 Å². The Labute approximate surface area is 116 Å². The molecule has 0 unspecified atom stereocenters. The van der Waals surface area contributed by atoms with E-state index in [2.05, 4.69) is 10.1 Å². The summed E-state index contributed by atoms with van der Waals surface area (Å²) in [6, 6.07) is 2.02. The lowest BCUT2D eigenvalue weighted by molar-refractivity contribution is -0.143. The van der Waals surface area contributed by atoms with E-state index in [0.29, 0.717) is 6.42 Å². The molecule has 1 amide bonds. The monoisotopic (exact) mass is 285 g/mol. The molecule has 0 heterocycles. The molecule has 0 aliphatic carbocycles. The molecule has 1 aromatic rings. The molecule has 0 saturated heterocycles. The molecule has 110 valence electrons. The number of ether oxygens (including phenoxy) is 1. The van der Waals surface area contributed by atoms with E-state index in [-0.39, 0.29) is 5.56 Å². The number of methoxy groups -OCH3 is 1. The number of esters is 1. The SMILES string of the molecule is CCCC[C@@H](NC(=O)c1ccc(F)c(F)c1)C(=O)OC. The number of carbonyl (C=O) groups is 2. The fourth-order valence-corrected chi connectivity index (χ4v) is 1.68. The average molecular weight is 285 g/mol. The number of rotatable bonds is 6. The van der Waals surface area contributed by atoms with Gasteiger partial charge in [0, 0.05) is 5.56 Å². The average Bonchev–Trinajstić information content (AvgIpc) is 2.45. The van der Waals surface area contributed by atoms with E-state index < -0.39 is 29.6 Å². The predicted octanol–water partition coefficient (Wildman–Crippen LogP) is 2.43. The highest BCUT2D eigenvalue weighted by Crippen LogP contribution is 2.10. The van der Waals surface area contributed by atoms with Gasteiger partial charge in [0.2, 0.25) is 0 Å². The normalized spacial score (nSPS) is 11.8. The molecule has 0 aliphatic heterocycles. The van der Waals surface area contributed by atoms with Crippen molar-refractivity contribution >= 4 is 11.9 Å². The quantitative estimate of drug-likeness (QED) is 0.817. The largest absolute Gasteiger partial charge is 0.467 e. The highest BCUT2D eigenvalue weighted by molar-refractivity contribution is 5.96. The van der Waals surface area contributed by atoms with Crippen molar-refractivity contribution in [3.8, 4) is 0 Å². The lowest BCUT2D eigenvalue weighted by atomic mass is 10.1. The minimum Gasteiger partial charge on any atom is -0.467 e. The van der Waals surface area contributed by atoms with Gasteiger partial charge in [-0.05, 0) is 24.6 Å². The van der Waals surface area contributed by atoms with E-state index in [4.69, 9.17) is 0 Å². The maximum absolute atomic E-state index is 13.1. The van der Waals surface area contributed by atoms with Crippen molar-refractivity contribution < 1.29 is 23.1 Å². The third kappa shape index (κ3) is 4.29. The van der Waals surface area contributed by atoms with Crippen molar-refractivity contribution in [2.75, 3.05) is 7.11 Å². The summed E-state index contributed by atoms with van der Waals surface area (Å²) < 4.78 is 30.5. The van der Waals surface area contributed by atoms with Crippen molar-refractivity contribution in [2.45, 2.75) is 32.2 Å². The second kappa shape index (κ2) is 7.57. The van der Waals surface area contributed by atoms with Crippen LogP contribution in [0.4, 0.5) is 8.78 Å². The Kier molecular flexibility index (Phi) is 6.09. The van der Waals surface area contributed by atoms with Gasteiger partial charge >= 0.3 is 5.97 Å². The van der Waals surface area contributed by atoms with Crippen LogP contribution in [0.2, 0.25) is 0 Å². The van der Waals surface area contributed by atoms with Gasteiger partial charge in [-0.1, -0.05) is 19.8 Å². The van der Waals surface area contributed by atoms with Gasteiger partial charge in [0.25, 0.3) is 5.91 Å². The predicted molar refractivity (Wildman–Crippen MR) is 69.2 cm³/mol. The maximum atomic E-state index is 13.1. The first-order valence-corrected chi connectivity index (χ1v) is 6.33. The smallest absolute Gasteiger partial charge is 0.328 e. The number of carbonyl (C=O) groups excluding carboxylic acids is 2. The molecular weight excluding hydrogens is 268 g/mol. The molecule has 0 saturated carbocycles. The molecule has 0 fully saturated rings. The standard InChI is InChI=1S/C14H17F2NO3/c1-3-4-5-12(14(19)20-2)17-13(18)9-6-7-10(15)11(16)8-9/h6-8,12H,3-5H2,1-2H3,(H,17,18)/t12-/m1/s1. The molecule has 1 N–H and O–H groups in total. The summed E-state index contributed by atoms with van der Waals surface area (Å²) in [5.74, 6) is -3.34. The van der Waals surface area contributed by atoms with Crippen LogP contribution in [0.25, 0.3) is 0 Å². The minimum absolute atomic E-state index is 0.0469. The molecular formula is C14H17F2NO3. The molecule has 0 aromatic heterocycles. The van der Waals surface area contributed by atoms with Crippen LogP contribution >= 0.6 is 0 Å². The van der Waals surface area contributed by atoms with Crippen LogP contribution in [0.5, 0.6) is 0 Å². The number of hydrogen-bond acceptors (Lipinski definition) is 3. The zero-order valence-corrected chi connectivity index (χ0v) is 11.4. The van der Waals surface area contributed by atoms with E-state index in [1.54, 1.807) is 0 Å². The van der Waals surface area contributed by atoms with E-state index in [1.165, 1.54) is 7.11 Å². The molecule has 0 aliphatic rings. The van der Waals surface area contributed by atoms with Crippen LogP contribution in [0.3, 0.4) is 0 Å². The fraction of sp³-hybridized carbons (Fsp3) is 0.429. The zero-order valence-electron chi connectivity index (χ0n) is 11.4. The number of hydrogen-bond donors (Lipinski definition) is 1. The lowest BCUT2D eigenvalue weighted by Crippen LogP contribution is -2.41. The maximum Gasteiger partial charge on any atom is 0.328 e. The van der Waals surface area contributed by atoms with Crippen LogP contribution in [0, 0.1) is 11.6 Å². The Bertz CT molecular complexity index is 491. The number of amides is 1. The third-order valence-corrected chi connectivity index (χ3v) is 2.82. The molecule has 0 bridgehead atoms. The van der Waals surface area contributed by atoms with E-state index in [9.17, 15) is 18.4 Å². The summed E-state index contributed by atoms with van der Waals surface area (Å²) >= 11 is 0. The van der Waals surface area contributed by atoms with Crippen LogP contribution in [-0.4, -0.2) is 25.0 Å². The van der Waals surface area contributed by atoms with E-state index in [0.717, 1.165) is 31.0 Å². The van der Waals surface area contributed by atoms with Gasteiger partial charge < -0.3 is 10.1 Å². The summed E-state index contributed by atoms with van der Waals surface area (Å²) in [4.78, 5) is 23.4. The minimum atomic E-state index is -1.11. The van der Waals surface area contributed by atoms with Crippen molar-refractivity contribution in [1.82, 2.24) is 5.32 Å². The van der Waals surface area contributed by atoms with Gasteiger partial charge in [-0.15, -0.1) is 0 Å². The molecule has 0 spiro atoms. The molecule has 1 rings (SSSR count). The van der Waals surface area contributed by atoms with Crippen molar-refractivity contribution in [3.05, 3.63) is 35.4 Å². The second-order valence-corrected chi connectivity index (χ2v) is 4.32. The lowest BCUT2D eigenvalue weighted by Gasteiger charge is -2.16. The first-order valence-electron chi connectivity index (χ1n) is 6.33. The van der Waals surface area contributed by atoms with Crippen LogP contribution in [0.15, 0.2) is 18.2 Å². The number of benzene rings is 1. The van der Waals surface area contributed by atoms with Gasteiger partial charge in [-0.25, -0.2) is 13.6 Å². The van der Waals surface area contributed by atoms with Crippen LogP contribution in [-0.2, 0) is 9.53 Å². The summed E-state index contributed by atoms with van der Waals surface area (Å²) in [6.45, 7) is 1.95. The number of nitrogens with one attached hydrogen (secondary N) is 1. The summed E-state index contributed by atoms with van der Waals surface area (Å²) in [6.07, 6.45) is 2.02. The van der Waals surface area contributed by atoms with Gasteiger partial charge in [0.15, 0.2) is 11.6 Å². The van der Waals surface area contributed by atoms with Gasteiger partial charge in [0.1, 0.15) is 6.04 Å². The molecule has 1 atom stereocenters. The highest BCUT2D eigenvalue weighted by Gasteiger charge is 2.21. The summed E-state index contributed by atoms with van der Waals surface area (Å²) in [5.41, 5.74) is -0.0469. The fourth-order valence-electron chi connectivity index (χ4n) is 1.68.